The van der Waals surface area contributed by atoms with Gasteiger partial charge in [-0.05, 0) is 18.8 Å². The fourth-order valence-corrected chi connectivity index (χ4v) is 2.71. The monoisotopic (exact) mass is 281 g/mol. The van der Waals surface area contributed by atoms with Crippen LogP contribution in [0.5, 0.6) is 0 Å². The third-order valence-corrected chi connectivity index (χ3v) is 3.38. The zero-order valence-corrected chi connectivity index (χ0v) is 14.1. The van der Waals surface area contributed by atoms with Crippen molar-refractivity contribution in [2.24, 2.45) is 12.5 Å². The minimum Gasteiger partial charge on any atom is -0.393 e. The average molecular weight is 281 g/mol. The Kier molecular flexibility index (Phi) is 5.39. The molecule has 1 aromatic heterocycles. The van der Waals surface area contributed by atoms with Gasteiger partial charge in [0.25, 0.3) is 0 Å². The van der Waals surface area contributed by atoms with Crippen LogP contribution in [-0.4, -0.2) is 27.5 Å². The summed E-state index contributed by atoms with van der Waals surface area (Å²) in [7, 11) is 1.97. The maximum Gasteiger partial charge on any atom is 0.0722 e. The second-order valence-corrected chi connectivity index (χ2v) is 7.75. The van der Waals surface area contributed by atoms with Crippen LogP contribution in [0.25, 0.3) is 0 Å². The molecule has 0 aliphatic carbocycles. The molecule has 1 aromatic rings. The Balaban J connectivity index is 2.63. The van der Waals surface area contributed by atoms with Gasteiger partial charge in [-0.3, -0.25) is 4.68 Å². The first-order chi connectivity index (χ1) is 9.01. The molecule has 0 aromatic carbocycles. The number of rotatable bonds is 6. The van der Waals surface area contributed by atoms with Crippen LogP contribution in [0.3, 0.4) is 0 Å². The van der Waals surface area contributed by atoms with Crippen LogP contribution in [0.4, 0.5) is 0 Å². The Labute approximate surface area is 123 Å². The lowest BCUT2D eigenvalue weighted by molar-refractivity contribution is 0.128. The predicted molar refractivity (Wildman–Crippen MR) is 83.7 cm³/mol. The lowest BCUT2D eigenvalue weighted by atomic mass is 9.86. The van der Waals surface area contributed by atoms with Gasteiger partial charge in [-0.25, -0.2) is 0 Å². The quantitative estimate of drug-likeness (QED) is 0.842. The van der Waals surface area contributed by atoms with Crippen LogP contribution in [0.1, 0.15) is 59.2 Å². The number of hydrogen-bond acceptors (Lipinski definition) is 3. The first kappa shape index (κ1) is 17.2. The molecule has 0 fully saturated rings. The molecule has 0 aliphatic rings. The van der Waals surface area contributed by atoms with E-state index in [9.17, 15) is 5.11 Å². The van der Waals surface area contributed by atoms with Crippen molar-refractivity contribution in [2.75, 3.05) is 6.54 Å². The molecular formula is C16H31N3O. The summed E-state index contributed by atoms with van der Waals surface area (Å²) in [6, 6.07) is 0. The fourth-order valence-electron chi connectivity index (χ4n) is 2.71. The van der Waals surface area contributed by atoms with Crippen LogP contribution < -0.4 is 5.32 Å². The summed E-state index contributed by atoms with van der Waals surface area (Å²) < 4.78 is 1.89. The molecule has 1 unspecified atom stereocenters. The van der Waals surface area contributed by atoms with E-state index in [0.717, 1.165) is 25.2 Å². The molecule has 0 bridgehead atoms. The highest BCUT2D eigenvalue weighted by molar-refractivity contribution is 5.23. The maximum absolute atomic E-state index is 9.52. The van der Waals surface area contributed by atoms with Crippen molar-refractivity contribution in [1.82, 2.24) is 15.1 Å². The Morgan fingerprint density at radius 2 is 1.90 bits per heavy atom. The Morgan fingerprint density at radius 1 is 1.30 bits per heavy atom. The first-order valence-electron chi connectivity index (χ1n) is 7.43. The van der Waals surface area contributed by atoms with Gasteiger partial charge in [-0.15, -0.1) is 0 Å². The van der Waals surface area contributed by atoms with Gasteiger partial charge < -0.3 is 10.4 Å². The maximum atomic E-state index is 9.52. The molecule has 1 rings (SSSR count). The van der Waals surface area contributed by atoms with E-state index in [-0.39, 0.29) is 16.9 Å². The standard InChI is InChI=1S/C16H31N3O/c1-12(20)8-16(5,6)11-17-9-13-10-19(7)18-14(13)15(2,3)4/h10,12,17,20H,8-9,11H2,1-7H3. The van der Waals surface area contributed by atoms with Gasteiger partial charge >= 0.3 is 0 Å². The summed E-state index contributed by atoms with van der Waals surface area (Å²) in [4.78, 5) is 0. The molecule has 0 spiro atoms. The van der Waals surface area contributed by atoms with Crippen LogP contribution in [0, 0.1) is 5.41 Å². The summed E-state index contributed by atoms with van der Waals surface area (Å²) in [6.45, 7) is 14.5. The second kappa shape index (κ2) is 6.27. The summed E-state index contributed by atoms with van der Waals surface area (Å²) >= 11 is 0. The van der Waals surface area contributed by atoms with Crippen LogP contribution in [0.15, 0.2) is 6.20 Å². The van der Waals surface area contributed by atoms with Gasteiger partial charge in [0.15, 0.2) is 0 Å². The van der Waals surface area contributed by atoms with Crippen LogP contribution in [0.2, 0.25) is 0 Å². The molecule has 1 atom stereocenters. The molecule has 0 saturated heterocycles. The van der Waals surface area contributed by atoms with E-state index >= 15 is 0 Å². The third-order valence-electron chi connectivity index (χ3n) is 3.38. The zero-order chi connectivity index (χ0) is 15.6. The highest BCUT2D eigenvalue weighted by Crippen LogP contribution is 2.25. The van der Waals surface area contributed by atoms with E-state index in [1.165, 1.54) is 5.56 Å². The Hall–Kier alpha value is -0.870. The third kappa shape index (κ3) is 5.25. The van der Waals surface area contributed by atoms with Crippen molar-refractivity contribution in [3.8, 4) is 0 Å². The van der Waals surface area contributed by atoms with Gasteiger partial charge in [-0.1, -0.05) is 34.6 Å². The molecule has 0 saturated carbocycles. The Morgan fingerprint density at radius 3 is 2.40 bits per heavy atom. The van der Waals surface area contributed by atoms with E-state index < -0.39 is 0 Å². The van der Waals surface area contributed by atoms with Crippen molar-refractivity contribution in [1.29, 1.82) is 0 Å². The average Bonchev–Trinajstić information content (AvgIpc) is 2.56. The molecule has 0 amide bonds. The van der Waals surface area contributed by atoms with Gasteiger partial charge in [0.2, 0.25) is 0 Å². The largest absolute Gasteiger partial charge is 0.393 e. The van der Waals surface area contributed by atoms with Crippen molar-refractivity contribution < 1.29 is 5.11 Å². The molecule has 20 heavy (non-hydrogen) atoms. The molecule has 116 valence electrons. The van der Waals surface area contributed by atoms with Crippen LogP contribution >= 0.6 is 0 Å². The summed E-state index contributed by atoms with van der Waals surface area (Å²) in [6.07, 6.45) is 2.64. The van der Waals surface area contributed by atoms with Crippen molar-refractivity contribution in [3.05, 3.63) is 17.5 Å². The molecule has 0 radical (unpaired) electrons. The highest BCUT2D eigenvalue weighted by Gasteiger charge is 2.23. The van der Waals surface area contributed by atoms with Gasteiger partial charge in [0, 0.05) is 37.3 Å². The smallest absolute Gasteiger partial charge is 0.0722 e. The number of aromatic nitrogens is 2. The van der Waals surface area contributed by atoms with Crippen molar-refractivity contribution >= 4 is 0 Å². The number of nitrogens with zero attached hydrogens (tertiary/aromatic N) is 2. The second-order valence-electron chi connectivity index (χ2n) is 7.75. The number of nitrogens with one attached hydrogen (secondary N) is 1. The van der Waals surface area contributed by atoms with E-state index in [1.807, 2.05) is 18.7 Å². The molecule has 2 N–H and O–H groups in total. The molecule has 4 heteroatoms. The number of hydrogen-bond donors (Lipinski definition) is 2. The molecule has 4 nitrogen and oxygen atoms in total. The first-order valence-corrected chi connectivity index (χ1v) is 7.43. The normalized spacial score (nSPS) is 14.6. The summed E-state index contributed by atoms with van der Waals surface area (Å²) in [5.41, 5.74) is 2.57. The minimum absolute atomic E-state index is 0.0629. The van der Waals surface area contributed by atoms with Gasteiger partial charge in [0.05, 0.1) is 11.8 Å². The Bertz CT molecular complexity index is 427. The van der Waals surface area contributed by atoms with E-state index in [1.54, 1.807) is 0 Å². The predicted octanol–water partition coefficient (Wildman–Crippen LogP) is 2.60. The molecule has 0 aliphatic heterocycles. The van der Waals surface area contributed by atoms with Crippen molar-refractivity contribution in [2.45, 2.75) is 66.0 Å². The van der Waals surface area contributed by atoms with E-state index in [0.29, 0.717) is 0 Å². The number of aliphatic hydroxyl groups is 1. The zero-order valence-electron chi connectivity index (χ0n) is 14.1. The lowest BCUT2D eigenvalue weighted by Crippen LogP contribution is -2.32. The van der Waals surface area contributed by atoms with Crippen molar-refractivity contribution in [3.63, 3.8) is 0 Å². The molecular weight excluding hydrogens is 250 g/mol. The highest BCUT2D eigenvalue weighted by atomic mass is 16.3. The van der Waals surface area contributed by atoms with E-state index in [4.69, 9.17) is 0 Å². The fraction of sp³-hybridized carbons (Fsp3) is 0.812. The number of aliphatic hydroxyl groups excluding tert-OH is 1. The molecule has 1 heterocycles. The summed E-state index contributed by atoms with van der Waals surface area (Å²) in [5, 5.41) is 17.6. The van der Waals surface area contributed by atoms with Gasteiger partial charge in [-0.2, -0.15) is 5.10 Å². The van der Waals surface area contributed by atoms with E-state index in [2.05, 4.69) is 51.2 Å². The number of aryl methyl sites for hydroxylation is 1. The minimum atomic E-state index is -0.254. The lowest BCUT2D eigenvalue weighted by Gasteiger charge is -2.26. The topological polar surface area (TPSA) is 50.1 Å². The summed E-state index contributed by atoms with van der Waals surface area (Å²) in [5.74, 6) is 0. The van der Waals surface area contributed by atoms with Gasteiger partial charge in [0.1, 0.15) is 0 Å². The van der Waals surface area contributed by atoms with Crippen LogP contribution in [-0.2, 0) is 19.0 Å². The SMILES string of the molecule is CC(O)CC(C)(C)CNCc1cn(C)nc1C(C)(C)C.